The third-order valence-corrected chi connectivity index (χ3v) is 15.3. The average Bonchev–Trinajstić information content (AvgIpc) is 3.97. The van der Waals surface area contributed by atoms with Crippen LogP contribution >= 0.6 is 0 Å². The lowest BCUT2D eigenvalue weighted by Crippen LogP contribution is -2.28. The summed E-state index contributed by atoms with van der Waals surface area (Å²) in [6.45, 7) is 0. The molecule has 0 heteroatoms. The second kappa shape index (κ2) is 15.0. The molecule has 308 valence electrons. The van der Waals surface area contributed by atoms with E-state index in [1.165, 1.54) is 106 Å². The lowest BCUT2D eigenvalue weighted by atomic mass is 9.67. The van der Waals surface area contributed by atoms with E-state index in [9.17, 15) is 0 Å². The number of aryl methyl sites for hydroxylation is 1. The minimum absolute atomic E-state index is 0.168. The van der Waals surface area contributed by atoms with Crippen LogP contribution in [0.15, 0.2) is 242 Å². The molecule has 65 heavy (non-hydrogen) atoms. The molecule has 0 heterocycles. The van der Waals surface area contributed by atoms with Crippen molar-refractivity contribution in [3.05, 3.63) is 303 Å². The quantitative estimate of drug-likeness (QED) is 0.143. The Balaban J connectivity index is 0.961. The summed E-state index contributed by atoms with van der Waals surface area (Å²) in [7, 11) is 0. The van der Waals surface area contributed by atoms with Gasteiger partial charge in [0.15, 0.2) is 0 Å². The van der Waals surface area contributed by atoms with Crippen LogP contribution in [0.25, 0.3) is 39.0 Å². The summed E-state index contributed by atoms with van der Waals surface area (Å²) in [6.07, 6.45) is 9.17. The van der Waals surface area contributed by atoms with E-state index in [4.69, 9.17) is 0 Å². The van der Waals surface area contributed by atoms with Crippen molar-refractivity contribution in [2.75, 3.05) is 0 Å². The van der Waals surface area contributed by atoms with Crippen molar-refractivity contribution < 1.29 is 0 Å². The third-order valence-electron chi connectivity index (χ3n) is 15.3. The Hall–Kier alpha value is -7.54. The van der Waals surface area contributed by atoms with Crippen LogP contribution in [0.2, 0.25) is 0 Å². The van der Waals surface area contributed by atoms with Gasteiger partial charge >= 0.3 is 0 Å². The van der Waals surface area contributed by atoms with Crippen LogP contribution in [0.4, 0.5) is 0 Å². The molecule has 9 aromatic carbocycles. The van der Waals surface area contributed by atoms with Gasteiger partial charge in [-0.05, 0) is 131 Å². The Bertz CT molecular complexity index is 3260. The van der Waals surface area contributed by atoms with Crippen molar-refractivity contribution in [3.8, 4) is 33.4 Å². The monoisotopic (exact) mass is 828 g/mol. The minimum Gasteiger partial charge on any atom is -0.0788 e. The van der Waals surface area contributed by atoms with Gasteiger partial charge in [0.1, 0.15) is 0 Å². The molecule has 4 aliphatic carbocycles. The summed E-state index contributed by atoms with van der Waals surface area (Å²) in [5, 5.41) is 0. The molecular weight excluding hydrogens is 781 g/mol. The maximum absolute atomic E-state index is 2.60. The SMILES string of the molecule is C1=C2C(=CCC1)C1(c3cc(CCC(c4ccc(-c5ccccc5)cc4)c4ccc5c(c4)C(c4ccccc4)(c4ccccc4)c4ccccc4-5)ccc32)c2ccccc2-c2ccccc21. The summed E-state index contributed by atoms with van der Waals surface area (Å²) in [5.41, 5.74) is 25.1. The molecule has 1 spiro atoms. The highest BCUT2D eigenvalue weighted by atomic mass is 14.5. The van der Waals surface area contributed by atoms with Gasteiger partial charge in [-0.3, -0.25) is 0 Å². The smallest absolute Gasteiger partial charge is 0.0722 e. The maximum atomic E-state index is 2.60. The summed E-state index contributed by atoms with van der Waals surface area (Å²) < 4.78 is 0. The zero-order valence-corrected chi connectivity index (χ0v) is 36.4. The molecule has 0 aromatic heterocycles. The number of fused-ring (bicyclic) bond motifs is 13. The predicted molar refractivity (Wildman–Crippen MR) is 269 cm³/mol. The molecule has 0 saturated heterocycles. The van der Waals surface area contributed by atoms with Crippen molar-refractivity contribution in [2.45, 2.75) is 42.4 Å². The van der Waals surface area contributed by atoms with Crippen molar-refractivity contribution in [2.24, 2.45) is 0 Å². The van der Waals surface area contributed by atoms with Crippen LogP contribution in [0, 0.1) is 0 Å². The van der Waals surface area contributed by atoms with Gasteiger partial charge in [-0.25, -0.2) is 0 Å². The third kappa shape index (κ3) is 5.57. The van der Waals surface area contributed by atoms with Crippen molar-refractivity contribution >= 4 is 5.57 Å². The van der Waals surface area contributed by atoms with E-state index in [0.29, 0.717) is 0 Å². The molecule has 0 aliphatic heterocycles. The minimum atomic E-state index is -0.450. The van der Waals surface area contributed by atoms with Gasteiger partial charge in [0.05, 0.1) is 10.8 Å². The second-order valence-corrected chi connectivity index (χ2v) is 18.4. The highest BCUT2D eigenvalue weighted by Gasteiger charge is 2.53. The Labute approximate surface area is 382 Å². The molecule has 0 fully saturated rings. The highest BCUT2D eigenvalue weighted by Crippen LogP contribution is 2.64. The van der Waals surface area contributed by atoms with Crippen molar-refractivity contribution in [3.63, 3.8) is 0 Å². The summed E-state index contributed by atoms with van der Waals surface area (Å²) in [4.78, 5) is 0. The van der Waals surface area contributed by atoms with Gasteiger partial charge in [-0.2, -0.15) is 0 Å². The summed E-state index contributed by atoms with van der Waals surface area (Å²) in [6, 6.07) is 85.0. The van der Waals surface area contributed by atoms with E-state index in [-0.39, 0.29) is 11.3 Å². The van der Waals surface area contributed by atoms with Gasteiger partial charge < -0.3 is 0 Å². The fourth-order valence-electron chi connectivity index (χ4n) is 12.6. The molecule has 0 N–H and O–H groups in total. The molecule has 4 aliphatic rings. The molecule has 0 bridgehead atoms. The highest BCUT2D eigenvalue weighted by molar-refractivity contribution is 6.00. The van der Waals surface area contributed by atoms with Gasteiger partial charge in [-0.15, -0.1) is 0 Å². The van der Waals surface area contributed by atoms with E-state index in [0.717, 1.165) is 25.7 Å². The first kappa shape index (κ1) is 38.0. The van der Waals surface area contributed by atoms with E-state index in [1.807, 2.05) is 0 Å². The molecule has 1 atom stereocenters. The fourth-order valence-corrected chi connectivity index (χ4v) is 12.6. The Kier molecular flexibility index (Phi) is 8.78. The predicted octanol–water partition coefficient (Wildman–Crippen LogP) is 15.9. The lowest BCUT2D eigenvalue weighted by Gasteiger charge is -2.34. The molecule has 13 rings (SSSR count). The fraction of sp³-hybridized carbons (Fsp3) is 0.108. The Morgan fingerprint density at radius 1 is 0.354 bits per heavy atom. The lowest BCUT2D eigenvalue weighted by molar-refractivity contribution is 0.706. The molecule has 0 nitrogen and oxygen atoms in total. The first-order chi connectivity index (χ1) is 32.2. The molecule has 0 saturated carbocycles. The van der Waals surface area contributed by atoms with Gasteiger partial charge in [0, 0.05) is 5.92 Å². The topological polar surface area (TPSA) is 0 Å². The van der Waals surface area contributed by atoms with Gasteiger partial charge in [0.2, 0.25) is 0 Å². The number of allylic oxidation sites excluding steroid dienone is 4. The molecule has 0 radical (unpaired) electrons. The molecule has 9 aromatic rings. The Morgan fingerprint density at radius 3 is 1.46 bits per heavy atom. The van der Waals surface area contributed by atoms with E-state index in [2.05, 4.69) is 237 Å². The summed E-state index contributed by atoms with van der Waals surface area (Å²) >= 11 is 0. The van der Waals surface area contributed by atoms with Crippen LogP contribution in [0.5, 0.6) is 0 Å². The zero-order chi connectivity index (χ0) is 43.0. The molecule has 0 amide bonds. The maximum Gasteiger partial charge on any atom is 0.0722 e. The van der Waals surface area contributed by atoms with Gasteiger partial charge in [-0.1, -0.05) is 237 Å². The zero-order valence-electron chi connectivity index (χ0n) is 36.4. The van der Waals surface area contributed by atoms with Crippen LogP contribution < -0.4 is 0 Å². The normalized spacial score (nSPS) is 15.8. The van der Waals surface area contributed by atoms with Crippen molar-refractivity contribution in [1.29, 1.82) is 0 Å². The van der Waals surface area contributed by atoms with E-state index < -0.39 is 5.41 Å². The number of hydrogen-bond acceptors (Lipinski definition) is 0. The van der Waals surface area contributed by atoms with E-state index in [1.54, 1.807) is 0 Å². The first-order valence-corrected chi connectivity index (χ1v) is 23.5. The van der Waals surface area contributed by atoms with Crippen LogP contribution in [-0.2, 0) is 17.3 Å². The molecule has 1 unspecified atom stereocenters. The van der Waals surface area contributed by atoms with Crippen molar-refractivity contribution in [1.82, 2.24) is 0 Å². The average molecular weight is 829 g/mol. The Morgan fingerprint density at radius 2 is 0.831 bits per heavy atom. The second-order valence-electron chi connectivity index (χ2n) is 18.4. The number of hydrogen-bond donors (Lipinski definition) is 0. The van der Waals surface area contributed by atoms with Crippen LogP contribution in [0.3, 0.4) is 0 Å². The van der Waals surface area contributed by atoms with Crippen LogP contribution in [-0.4, -0.2) is 0 Å². The van der Waals surface area contributed by atoms with Crippen LogP contribution in [0.1, 0.15) is 86.4 Å². The summed E-state index contributed by atoms with van der Waals surface area (Å²) in [5.74, 6) is 0.168. The number of benzene rings is 9. The number of rotatable bonds is 8. The standard InChI is InChI=1S/C65H48/c1-4-18-45(19-5-1)46-34-36-47(37-35-46)51(48-38-41-57-54-26-10-14-28-58(54)64(63(57)43-48,49-20-6-2-7-21-49)50-22-8-3-9-23-50)39-32-44-33-40-56-55-27-13-17-31-61(55)65(62(56)42-44)59-29-15-11-24-52(59)53-25-12-16-30-60(53)65/h1-12,14-16,18-31,33-38,40-43,51H,13,17,32,39H2. The largest absolute Gasteiger partial charge is 0.0788 e. The van der Waals surface area contributed by atoms with Gasteiger partial charge in [0.25, 0.3) is 0 Å². The first-order valence-electron chi connectivity index (χ1n) is 23.5. The molecular formula is C65H48. The van der Waals surface area contributed by atoms with E-state index >= 15 is 0 Å².